The van der Waals surface area contributed by atoms with Gasteiger partial charge in [0.25, 0.3) is 0 Å². The van der Waals surface area contributed by atoms with Crippen molar-refractivity contribution in [1.29, 1.82) is 0 Å². The summed E-state index contributed by atoms with van der Waals surface area (Å²) in [5.41, 5.74) is 0. The van der Waals surface area contributed by atoms with E-state index >= 15 is 0 Å². The lowest BCUT2D eigenvalue weighted by atomic mass is 10.4. The summed E-state index contributed by atoms with van der Waals surface area (Å²) in [7, 11) is 0. The van der Waals surface area contributed by atoms with Crippen LogP contribution in [0.15, 0.2) is 0 Å². The minimum absolute atomic E-state index is 0.0947. The molecule has 0 aliphatic carbocycles. The van der Waals surface area contributed by atoms with Crippen LogP contribution in [-0.4, -0.2) is 32.7 Å². The third-order valence-electron chi connectivity index (χ3n) is 1.57. The molecule has 0 radical (unpaired) electrons. The third kappa shape index (κ3) is 4.40. The molecule has 0 spiro atoms. The molecule has 0 aliphatic heterocycles. The van der Waals surface area contributed by atoms with E-state index in [9.17, 15) is 0 Å². The van der Waals surface area contributed by atoms with E-state index in [1.54, 1.807) is 0 Å². The number of thioether (sulfide) groups is 1. The highest BCUT2D eigenvalue weighted by molar-refractivity contribution is 7.99. The monoisotopic (exact) mass is 266 g/mol. The highest BCUT2D eigenvalue weighted by atomic mass is 35.5. The fourth-order valence-electron chi connectivity index (χ4n) is 0.955. The molecule has 1 N–H and O–H groups in total. The summed E-state index contributed by atoms with van der Waals surface area (Å²) in [4.78, 5) is 3.96. The Labute approximate surface area is 103 Å². The standard InChI is InChI=1S/C8H12Cl2N4S/c1-3-15-4-5(2)11-7-6(9)13-14-8(10)12-7/h5H,3-4H2,1-2H3,(H,11,12,14). The second-order valence-electron chi connectivity index (χ2n) is 2.93. The second kappa shape index (κ2) is 6.35. The quantitative estimate of drug-likeness (QED) is 0.888. The predicted octanol–water partition coefficient (Wildman–Crippen LogP) is 2.73. The lowest BCUT2D eigenvalue weighted by molar-refractivity contribution is 0.881. The van der Waals surface area contributed by atoms with Gasteiger partial charge < -0.3 is 5.32 Å². The van der Waals surface area contributed by atoms with Crippen molar-refractivity contribution in [3.05, 3.63) is 10.4 Å². The van der Waals surface area contributed by atoms with Gasteiger partial charge in [-0.05, 0) is 24.3 Å². The molecule has 1 aromatic rings. The average Bonchev–Trinajstić information content (AvgIpc) is 2.20. The molecular formula is C8H12Cl2N4S. The van der Waals surface area contributed by atoms with E-state index in [1.807, 2.05) is 11.8 Å². The molecule has 0 saturated carbocycles. The lowest BCUT2D eigenvalue weighted by Gasteiger charge is -2.13. The number of hydrogen-bond acceptors (Lipinski definition) is 5. The first kappa shape index (κ1) is 12.8. The molecule has 1 rings (SSSR count). The Balaban J connectivity index is 2.59. The van der Waals surface area contributed by atoms with Gasteiger partial charge in [-0.3, -0.25) is 0 Å². The van der Waals surface area contributed by atoms with E-state index < -0.39 is 0 Å². The molecule has 0 amide bonds. The smallest absolute Gasteiger partial charge is 0.245 e. The van der Waals surface area contributed by atoms with Gasteiger partial charge in [-0.15, -0.1) is 10.2 Å². The highest BCUT2D eigenvalue weighted by Crippen LogP contribution is 2.18. The maximum absolute atomic E-state index is 5.81. The van der Waals surface area contributed by atoms with Crippen LogP contribution in [0.25, 0.3) is 0 Å². The van der Waals surface area contributed by atoms with Gasteiger partial charge in [-0.1, -0.05) is 18.5 Å². The zero-order valence-electron chi connectivity index (χ0n) is 8.50. The molecule has 0 fully saturated rings. The zero-order valence-corrected chi connectivity index (χ0v) is 10.8. The second-order valence-corrected chi connectivity index (χ2v) is 4.94. The maximum atomic E-state index is 5.81. The van der Waals surface area contributed by atoms with Crippen molar-refractivity contribution in [3.8, 4) is 0 Å². The summed E-state index contributed by atoms with van der Waals surface area (Å²) in [6.45, 7) is 4.17. The van der Waals surface area contributed by atoms with Crippen LogP contribution in [-0.2, 0) is 0 Å². The predicted molar refractivity (Wildman–Crippen MR) is 65.9 cm³/mol. The topological polar surface area (TPSA) is 50.7 Å². The number of hydrogen-bond donors (Lipinski definition) is 1. The molecule has 1 unspecified atom stereocenters. The molecule has 0 aliphatic rings. The Kier molecular flexibility index (Phi) is 5.42. The van der Waals surface area contributed by atoms with Gasteiger partial charge >= 0.3 is 0 Å². The van der Waals surface area contributed by atoms with E-state index in [0.717, 1.165) is 11.5 Å². The highest BCUT2D eigenvalue weighted by Gasteiger charge is 2.09. The normalized spacial score (nSPS) is 12.5. The van der Waals surface area contributed by atoms with Crippen LogP contribution in [0.2, 0.25) is 10.4 Å². The van der Waals surface area contributed by atoms with Gasteiger partial charge in [0.1, 0.15) is 0 Å². The van der Waals surface area contributed by atoms with Crippen LogP contribution in [0.1, 0.15) is 13.8 Å². The van der Waals surface area contributed by atoms with Crippen molar-refractivity contribution >= 4 is 40.8 Å². The Morgan fingerprint density at radius 3 is 2.80 bits per heavy atom. The summed E-state index contributed by atoms with van der Waals surface area (Å²) < 4.78 is 0. The molecule has 1 aromatic heterocycles. The largest absolute Gasteiger partial charge is 0.364 e. The third-order valence-corrected chi connectivity index (χ3v) is 3.13. The summed E-state index contributed by atoms with van der Waals surface area (Å²) in [6.07, 6.45) is 0. The Bertz CT molecular complexity index is 324. The van der Waals surface area contributed by atoms with Crippen molar-refractivity contribution < 1.29 is 0 Å². The van der Waals surface area contributed by atoms with Crippen molar-refractivity contribution in [2.45, 2.75) is 19.9 Å². The van der Waals surface area contributed by atoms with Crippen molar-refractivity contribution in [2.75, 3.05) is 16.8 Å². The summed E-state index contributed by atoms with van der Waals surface area (Å²) in [6, 6.07) is 0.264. The molecule has 7 heteroatoms. The fraction of sp³-hybridized carbons (Fsp3) is 0.625. The van der Waals surface area contributed by atoms with E-state index in [0.29, 0.717) is 5.82 Å². The number of rotatable bonds is 5. The molecule has 1 atom stereocenters. The molecular weight excluding hydrogens is 255 g/mol. The maximum Gasteiger partial charge on any atom is 0.245 e. The van der Waals surface area contributed by atoms with Crippen molar-refractivity contribution in [3.63, 3.8) is 0 Å². The Morgan fingerprint density at radius 1 is 1.40 bits per heavy atom. The molecule has 84 valence electrons. The van der Waals surface area contributed by atoms with E-state index in [-0.39, 0.29) is 16.5 Å². The van der Waals surface area contributed by atoms with Gasteiger partial charge in [0, 0.05) is 11.8 Å². The minimum atomic E-state index is 0.0947. The first-order valence-electron chi connectivity index (χ1n) is 4.53. The van der Waals surface area contributed by atoms with Gasteiger partial charge in [0.2, 0.25) is 5.28 Å². The Hall–Kier alpha value is -0.260. The summed E-state index contributed by atoms with van der Waals surface area (Å²) in [5.74, 6) is 2.55. The molecule has 0 saturated heterocycles. The van der Waals surface area contributed by atoms with Gasteiger partial charge in [-0.25, -0.2) is 0 Å². The van der Waals surface area contributed by atoms with Gasteiger partial charge in [0.05, 0.1) is 0 Å². The number of nitrogens with one attached hydrogen (secondary N) is 1. The number of halogens is 2. The summed E-state index contributed by atoms with van der Waals surface area (Å²) >= 11 is 13.3. The average molecular weight is 267 g/mol. The molecule has 0 aromatic carbocycles. The van der Waals surface area contributed by atoms with E-state index in [4.69, 9.17) is 23.2 Å². The molecule has 1 heterocycles. The number of anilines is 1. The van der Waals surface area contributed by atoms with Crippen LogP contribution in [0.4, 0.5) is 5.82 Å². The fourth-order valence-corrected chi connectivity index (χ4v) is 1.88. The SMILES string of the molecule is CCSCC(C)Nc1nc(Cl)nnc1Cl. The zero-order chi connectivity index (χ0) is 11.3. The first-order valence-corrected chi connectivity index (χ1v) is 6.44. The minimum Gasteiger partial charge on any atom is -0.364 e. The van der Waals surface area contributed by atoms with Gasteiger partial charge in [-0.2, -0.15) is 16.7 Å². The van der Waals surface area contributed by atoms with E-state index in [1.165, 1.54) is 0 Å². The number of aromatic nitrogens is 3. The number of nitrogens with zero attached hydrogens (tertiary/aromatic N) is 3. The first-order chi connectivity index (χ1) is 7.13. The lowest BCUT2D eigenvalue weighted by Crippen LogP contribution is -2.19. The molecule has 15 heavy (non-hydrogen) atoms. The van der Waals surface area contributed by atoms with E-state index in [2.05, 4.69) is 34.3 Å². The molecule has 0 bridgehead atoms. The van der Waals surface area contributed by atoms with Crippen molar-refractivity contribution in [2.24, 2.45) is 0 Å². The van der Waals surface area contributed by atoms with Crippen LogP contribution < -0.4 is 5.32 Å². The van der Waals surface area contributed by atoms with Crippen LogP contribution in [0.5, 0.6) is 0 Å². The van der Waals surface area contributed by atoms with Crippen LogP contribution in [0.3, 0.4) is 0 Å². The summed E-state index contributed by atoms with van der Waals surface area (Å²) in [5, 5.41) is 10.7. The van der Waals surface area contributed by atoms with Crippen LogP contribution in [0, 0.1) is 0 Å². The van der Waals surface area contributed by atoms with Crippen molar-refractivity contribution in [1.82, 2.24) is 15.2 Å². The Morgan fingerprint density at radius 2 is 2.13 bits per heavy atom. The van der Waals surface area contributed by atoms with Gasteiger partial charge in [0.15, 0.2) is 11.0 Å². The molecule has 4 nitrogen and oxygen atoms in total. The van der Waals surface area contributed by atoms with Crippen LogP contribution >= 0.6 is 35.0 Å².